The minimum absolute atomic E-state index is 0.181. The molecular formula is C9H11O3. The van der Waals surface area contributed by atoms with Gasteiger partial charge in [0.15, 0.2) is 11.5 Å². The zero-order chi connectivity index (χ0) is 8.81. The predicted molar refractivity (Wildman–Crippen MR) is 44.0 cm³/mol. The first-order chi connectivity index (χ1) is 5.88. The average Bonchev–Trinajstić information content (AvgIpc) is 2.15. The molecule has 1 radical (unpaired) electrons. The highest BCUT2D eigenvalue weighted by Gasteiger charge is 2.00. The molecule has 3 heteroatoms. The number of para-hydroxylation sites is 2. The lowest BCUT2D eigenvalue weighted by molar-refractivity contribution is 0.136. The number of rotatable bonds is 4. The highest BCUT2D eigenvalue weighted by Crippen LogP contribution is 2.25. The van der Waals surface area contributed by atoms with Crippen LogP contribution in [-0.4, -0.2) is 20.3 Å². The van der Waals surface area contributed by atoms with Gasteiger partial charge in [-0.25, -0.2) is 5.11 Å². The van der Waals surface area contributed by atoms with Crippen molar-refractivity contribution in [1.82, 2.24) is 0 Å². The second kappa shape index (κ2) is 4.62. The molecule has 0 saturated carbocycles. The molecule has 0 unspecified atom stereocenters. The summed E-state index contributed by atoms with van der Waals surface area (Å²) in [5.74, 6) is 1.28. The van der Waals surface area contributed by atoms with Gasteiger partial charge in [0.25, 0.3) is 0 Å². The molecule has 0 amide bonds. The van der Waals surface area contributed by atoms with Crippen molar-refractivity contribution in [3.8, 4) is 11.5 Å². The van der Waals surface area contributed by atoms with E-state index in [-0.39, 0.29) is 13.2 Å². The summed E-state index contributed by atoms with van der Waals surface area (Å²) in [4.78, 5) is 0. The highest BCUT2D eigenvalue weighted by atomic mass is 16.5. The monoisotopic (exact) mass is 167 g/mol. The van der Waals surface area contributed by atoms with Crippen LogP contribution in [0.25, 0.3) is 0 Å². The number of ether oxygens (including phenoxy) is 2. The molecule has 0 aliphatic carbocycles. The van der Waals surface area contributed by atoms with Crippen LogP contribution in [0.5, 0.6) is 11.5 Å². The summed E-state index contributed by atoms with van der Waals surface area (Å²) in [7, 11) is 1.57. The third-order valence-electron chi connectivity index (χ3n) is 1.41. The van der Waals surface area contributed by atoms with E-state index in [1.54, 1.807) is 19.2 Å². The molecule has 0 fully saturated rings. The Labute approximate surface area is 71.5 Å². The zero-order valence-corrected chi connectivity index (χ0v) is 6.95. The summed E-state index contributed by atoms with van der Waals surface area (Å²) in [5, 5.41) is 10.1. The molecule has 1 aromatic rings. The summed E-state index contributed by atoms with van der Waals surface area (Å²) in [5.41, 5.74) is 0. The van der Waals surface area contributed by atoms with Gasteiger partial charge in [0.1, 0.15) is 13.2 Å². The largest absolute Gasteiger partial charge is 0.493 e. The number of benzene rings is 1. The fourth-order valence-corrected chi connectivity index (χ4v) is 0.890. The van der Waals surface area contributed by atoms with Crippen molar-refractivity contribution in [3.05, 3.63) is 24.3 Å². The Hall–Kier alpha value is -1.22. The maximum atomic E-state index is 10.1. The molecule has 0 N–H and O–H groups in total. The molecule has 65 valence electrons. The van der Waals surface area contributed by atoms with Crippen LogP contribution < -0.4 is 9.47 Å². The van der Waals surface area contributed by atoms with Crippen LogP contribution in [0.2, 0.25) is 0 Å². The first-order valence-corrected chi connectivity index (χ1v) is 3.72. The SMILES string of the molecule is COc1ccccc1OCC[O]. The molecular weight excluding hydrogens is 156 g/mol. The Bertz CT molecular complexity index is 235. The summed E-state index contributed by atoms with van der Waals surface area (Å²) in [6.07, 6.45) is 0. The minimum Gasteiger partial charge on any atom is -0.493 e. The standard InChI is InChI=1S/C9H11O3/c1-11-8-4-2-3-5-9(8)12-7-6-10/h2-5H,6-7H2,1H3. The van der Waals surface area contributed by atoms with Gasteiger partial charge in [-0.05, 0) is 12.1 Å². The fraction of sp³-hybridized carbons (Fsp3) is 0.333. The smallest absolute Gasteiger partial charge is 0.161 e. The normalized spacial score (nSPS) is 9.50. The van der Waals surface area contributed by atoms with Crippen LogP contribution in [0, 0.1) is 0 Å². The Morgan fingerprint density at radius 2 is 1.92 bits per heavy atom. The van der Waals surface area contributed by atoms with Gasteiger partial charge in [-0.3, -0.25) is 0 Å². The summed E-state index contributed by atoms with van der Waals surface area (Å²) in [6.45, 7) is -0.0571. The van der Waals surface area contributed by atoms with Crippen LogP contribution in [0.3, 0.4) is 0 Å². The molecule has 0 saturated heterocycles. The summed E-state index contributed by atoms with van der Waals surface area (Å²) < 4.78 is 10.2. The molecule has 12 heavy (non-hydrogen) atoms. The Morgan fingerprint density at radius 1 is 1.25 bits per heavy atom. The molecule has 0 bridgehead atoms. The zero-order valence-electron chi connectivity index (χ0n) is 6.95. The van der Waals surface area contributed by atoms with Crippen molar-refractivity contribution in [2.24, 2.45) is 0 Å². The van der Waals surface area contributed by atoms with E-state index in [2.05, 4.69) is 0 Å². The molecule has 0 aromatic heterocycles. The van der Waals surface area contributed by atoms with E-state index in [1.807, 2.05) is 12.1 Å². The second-order valence-corrected chi connectivity index (χ2v) is 2.20. The van der Waals surface area contributed by atoms with Crippen LogP contribution in [0.15, 0.2) is 24.3 Å². The molecule has 0 atom stereocenters. The molecule has 0 spiro atoms. The average molecular weight is 167 g/mol. The van der Waals surface area contributed by atoms with Crippen LogP contribution in [0.1, 0.15) is 0 Å². The van der Waals surface area contributed by atoms with E-state index in [1.165, 1.54) is 0 Å². The summed E-state index contributed by atoms with van der Waals surface area (Å²) in [6, 6.07) is 7.25. The Morgan fingerprint density at radius 3 is 2.50 bits per heavy atom. The lowest BCUT2D eigenvalue weighted by atomic mass is 10.3. The van der Waals surface area contributed by atoms with Gasteiger partial charge in [0.05, 0.1) is 7.11 Å². The van der Waals surface area contributed by atoms with Crippen molar-refractivity contribution in [2.45, 2.75) is 0 Å². The second-order valence-electron chi connectivity index (χ2n) is 2.20. The van der Waals surface area contributed by atoms with Crippen LogP contribution in [-0.2, 0) is 5.11 Å². The van der Waals surface area contributed by atoms with Gasteiger partial charge in [0, 0.05) is 0 Å². The van der Waals surface area contributed by atoms with Crippen molar-refractivity contribution < 1.29 is 14.6 Å². The first-order valence-electron chi connectivity index (χ1n) is 3.72. The van der Waals surface area contributed by atoms with Crippen LogP contribution in [0.4, 0.5) is 0 Å². The lowest BCUT2D eigenvalue weighted by Crippen LogP contribution is -2.01. The number of hydrogen-bond donors (Lipinski definition) is 0. The van der Waals surface area contributed by atoms with E-state index in [0.717, 1.165) is 0 Å². The van der Waals surface area contributed by atoms with Crippen molar-refractivity contribution in [1.29, 1.82) is 0 Å². The topological polar surface area (TPSA) is 38.4 Å². The Kier molecular flexibility index (Phi) is 3.41. The quantitative estimate of drug-likeness (QED) is 0.681. The van der Waals surface area contributed by atoms with Gasteiger partial charge in [0.2, 0.25) is 0 Å². The van der Waals surface area contributed by atoms with E-state index in [9.17, 15) is 5.11 Å². The number of hydrogen-bond acceptors (Lipinski definition) is 2. The van der Waals surface area contributed by atoms with Crippen LogP contribution >= 0.6 is 0 Å². The highest BCUT2D eigenvalue weighted by molar-refractivity contribution is 5.39. The predicted octanol–water partition coefficient (Wildman–Crippen LogP) is 1.50. The van der Waals surface area contributed by atoms with Gasteiger partial charge >= 0.3 is 0 Å². The molecule has 1 rings (SSSR count). The lowest BCUT2D eigenvalue weighted by Gasteiger charge is -2.07. The van der Waals surface area contributed by atoms with E-state index >= 15 is 0 Å². The molecule has 0 aliphatic rings. The van der Waals surface area contributed by atoms with E-state index < -0.39 is 0 Å². The minimum atomic E-state index is -0.238. The van der Waals surface area contributed by atoms with Crippen molar-refractivity contribution in [2.75, 3.05) is 20.3 Å². The Balaban J connectivity index is 2.68. The summed E-state index contributed by atoms with van der Waals surface area (Å²) >= 11 is 0. The van der Waals surface area contributed by atoms with Gasteiger partial charge < -0.3 is 9.47 Å². The van der Waals surface area contributed by atoms with Gasteiger partial charge in [-0.1, -0.05) is 12.1 Å². The maximum Gasteiger partial charge on any atom is 0.161 e. The first kappa shape index (κ1) is 8.87. The third kappa shape index (κ3) is 2.13. The van der Waals surface area contributed by atoms with Crippen molar-refractivity contribution in [3.63, 3.8) is 0 Å². The fourth-order valence-electron chi connectivity index (χ4n) is 0.890. The maximum absolute atomic E-state index is 10.1. The van der Waals surface area contributed by atoms with E-state index in [0.29, 0.717) is 11.5 Å². The van der Waals surface area contributed by atoms with Gasteiger partial charge in [-0.2, -0.15) is 0 Å². The molecule has 0 heterocycles. The van der Waals surface area contributed by atoms with Crippen molar-refractivity contribution >= 4 is 0 Å². The third-order valence-corrected chi connectivity index (χ3v) is 1.41. The molecule has 3 nitrogen and oxygen atoms in total. The molecule has 0 aliphatic heterocycles. The van der Waals surface area contributed by atoms with E-state index in [4.69, 9.17) is 9.47 Å². The van der Waals surface area contributed by atoms with Gasteiger partial charge in [-0.15, -0.1) is 0 Å². The molecule has 1 aromatic carbocycles. The number of methoxy groups -OCH3 is 1.